The Morgan fingerprint density at radius 1 is 1.24 bits per heavy atom. The predicted octanol–water partition coefficient (Wildman–Crippen LogP) is 2.09. The largest absolute Gasteiger partial charge is 0.497 e. The topological polar surface area (TPSA) is 41.5 Å². The Bertz CT molecular complexity index is 337. The first kappa shape index (κ1) is 12.4. The lowest BCUT2D eigenvalue weighted by Gasteiger charge is -2.28. The summed E-state index contributed by atoms with van der Waals surface area (Å²) in [5, 5.41) is 13.3. The van der Waals surface area contributed by atoms with Crippen LogP contribution < -0.4 is 10.1 Å². The molecular formula is C14H21NO2. The van der Waals surface area contributed by atoms with Gasteiger partial charge in [-0.1, -0.05) is 25.0 Å². The summed E-state index contributed by atoms with van der Waals surface area (Å²) in [5.74, 6) is 0.881. The van der Waals surface area contributed by atoms with Crippen molar-refractivity contribution in [2.75, 3.05) is 7.11 Å². The van der Waals surface area contributed by atoms with Crippen molar-refractivity contribution < 1.29 is 9.84 Å². The van der Waals surface area contributed by atoms with Crippen LogP contribution in [0.25, 0.3) is 0 Å². The first-order valence-corrected chi connectivity index (χ1v) is 6.34. The Hall–Kier alpha value is -1.06. The molecule has 1 saturated carbocycles. The van der Waals surface area contributed by atoms with E-state index in [-0.39, 0.29) is 12.1 Å². The third-order valence-corrected chi connectivity index (χ3v) is 3.46. The van der Waals surface area contributed by atoms with Crippen molar-refractivity contribution in [3.8, 4) is 5.75 Å². The van der Waals surface area contributed by atoms with Gasteiger partial charge in [-0.3, -0.25) is 0 Å². The van der Waals surface area contributed by atoms with E-state index in [4.69, 9.17) is 4.74 Å². The van der Waals surface area contributed by atoms with Crippen LogP contribution in [0.15, 0.2) is 24.3 Å². The predicted molar refractivity (Wildman–Crippen MR) is 68.1 cm³/mol. The van der Waals surface area contributed by atoms with Gasteiger partial charge >= 0.3 is 0 Å². The van der Waals surface area contributed by atoms with Crippen molar-refractivity contribution in [2.45, 2.75) is 44.4 Å². The van der Waals surface area contributed by atoms with Crippen LogP contribution in [0.1, 0.15) is 31.2 Å². The summed E-state index contributed by atoms with van der Waals surface area (Å²) in [6.45, 7) is 0.811. The number of nitrogens with one attached hydrogen (secondary N) is 1. The fourth-order valence-corrected chi connectivity index (χ4v) is 2.34. The summed E-state index contributed by atoms with van der Waals surface area (Å²) in [4.78, 5) is 0. The van der Waals surface area contributed by atoms with Gasteiger partial charge in [0, 0.05) is 12.6 Å². The van der Waals surface area contributed by atoms with Crippen molar-refractivity contribution in [3.05, 3.63) is 29.8 Å². The van der Waals surface area contributed by atoms with Gasteiger partial charge in [-0.25, -0.2) is 0 Å². The molecule has 1 aromatic carbocycles. The molecule has 94 valence electrons. The molecule has 0 radical (unpaired) electrons. The number of hydrogen-bond acceptors (Lipinski definition) is 3. The highest BCUT2D eigenvalue weighted by Crippen LogP contribution is 2.19. The highest BCUT2D eigenvalue weighted by atomic mass is 16.5. The standard InChI is InChI=1S/C14H21NO2/c1-17-12-8-6-11(7-9-12)10-15-13-4-2-3-5-14(13)16/h6-9,13-16H,2-5,10H2,1H3/t13-,14+/m1/s1. The fourth-order valence-electron chi connectivity index (χ4n) is 2.34. The molecule has 0 bridgehead atoms. The van der Waals surface area contributed by atoms with Gasteiger partial charge in [-0.2, -0.15) is 0 Å². The van der Waals surface area contributed by atoms with E-state index in [0.717, 1.165) is 31.6 Å². The maximum Gasteiger partial charge on any atom is 0.118 e. The Labute approximate surface area is 103 Å². The van der Waals surface area contributed by atoms with E-state index in [0.29, 0.717) is 0 Å². The van der Waals surface area contributed by atoms with Gasteiger partial charge in [0.05, 0.1) is 13.2 Å². The van der Waals surface area contributed by atoms with Gasteiger partial charge in [0.2, 0.25) is 0 Å². The second-order valence-electron chi connectivity index (χ2n) is 4.69. The highest BCUT2D eigenvalue weighted by molar-refractivity contribution is 5.27. The zero-order chi connectivity index (χ0) is 12.1. The maximum absolute atomic E-state index is 9.85. The fraction of sp³-hybridized carbons (Fsp3) is 0.571. The minimum absolute atomic E-state index is 0.179. The number of rotatable bonds is 4. The van der Waals surface area contributed by atoms with Crippen LogP contribution in [0.2, 0.25) is 0 Å². The van der Waals surface area contributed by atoms with Gasteiger partial charge in [0.1, 0.15) is 5.75 Å². The summed E-state index contributed by atoms with van der Waals surface area (Å²) >= 11 is 0. The second kappa shape index (κ2) is 6.03. The molecule has 1 aliphatic carbocycles. The van der Waals surface area contributed by atoms with Crippen LogP contribution in [0.5, 0.6) is 5.75 Å². The molecule has 0 aliphatic heterocycles. The average Bonchev–Trinajstić information content (AvgIpc) is 2.38. The molecule has 2 rings (SSSR count). The molecule has 17 heavy (non-hydrogen) atoms. The molecule has 0 unspecified atom stereocenters. The molecule has 1 aliphatic rings. The number of aliphatic hydroxyl groups excluding tert-OH is 1. The van der Waals surface area contributed by atoms with Crippen molar-refractivity contribution in [2.24, 2.45) is 0 Å². The molecule has 0 heterocycles. The van der Waals surface area contributed by atoms with E-state index in [1.807, 2.05) is 12.1 Å². The SMILES string of the molecule is COc1ccc(CN[C@@H]2CCCC[C@@H]2O)cc1. The molecule has 1 aromatic rings. The number of aliphatic hydroxyl groups is 1. The van der Waals surface area contributed by atoms with Crippen LogP contribution in [0, 0.1) is 0 Å². The second-order valence-corrected chi connectivity index (χ2v) is 4.69. The van der Waals surface area contributed by atoms with E-state index in [1.165, 1.54) is 12.0 Å². The van der Waals surface area contributed by atoms with Crippen LogP contribution in [-0.2, 0) is 6.54 Å². The summed E-state index contributed by atoms with van der Waals surface area (Å²) in [6.07, 6.45) is 4.21. The third-order valence-electron chi connectivity index (χ3n) is 3.46. The monoisotopic (exact) mass is 235 g/mol. The van der Waals surface area contributed by atoms with Crippen molar-refractivity contribution in [1.29, 1.82) is 0 Å². The van der Waals surface area contributed by atoms with Crippen molar-refractivity contribution in [1.82, 2.24) is 5.32 Å². The lowest BCUT2D eigenvalue weighted by molar-refractivity contribution is 0.0902. The molecule has 1 fully saturated rings. The van der Waals surface area contributed by atoms with Gasteiger partial charge in [-0.05, 0) is 30.5 Å². The number of benzene rings is 1. The average molecular weight is 235 g/mol. The zero-order valence-corrected chi connectivity index (χ0v) is 10.4. The summed E-state index contributed by atoms with van der Waals surface area (Å²) in [5.41, 5.74) is 1.23. The smallest absolute Gasteiger partial charge is 0.118 e. The van der Waals surface area contributed by atoms with Gasteiger partial charge < -0.3 is 15.2 Å². The minimum atomic E-state index is -0.179. The van der Waals surface area contributed by atoms with E-state index in [1.54, 1.807) is 7.11 Å². The maximum atomic E-state index is 9.85. The first-order valence-electron chi connectivity index (χ1n) is 6.34. The molecule has 0 spiro atoms. The number of hydrogen-bond donors (Lipinski definition) is 2. The van der Waals surface area contributed by atoms with Crippen molar-refractivity contribution in [3.63, 3.8) is 0 Å². The van der Waals surface area contributed by atoms with E-state index in [2.05, 4.69) is 17.4 Å². The van der Waals surface area contributed by atoms with E-state index in [9.17, 15) is 5.11 Å². The van der Waals surface area contributed by atoms with Crippen molar-refractivity contribution >= 4 is 0 Å². The lowest BCUT2D eigenvalue weighted by atomic mass is 9.92. The van der Waals surface area contributed by atoms with E-state index < -0.39 is 0 Å². The Morgan fingerprint density at radius 2 is 1.94 bits per heavy atom. The molecule has 0 amide bonds. The van der Waals surface area contributed by atoms with Crippen LogP contribution in [0.4, 0.5) is 0 Å². The Morgan fingerprint density at radius 3 is 2.59 bits per heavy atom. The molecule has 0 aromatic heterocycles. The van der Waals surface area contributed by atoms with Crippen LogP contribution in [0.3, 0.4) is 0 Å². The summed E-state index contributed by atoms with van der Waals surface area (Å²) < 4.78 is 5.12. The van der Waals surface area contributed by atoms with Crippen LogP contribution >= 0.6 is 0 Å². The highest BCUT2D eigenvalue weighted by Gasteiger charge is 2.21. The number of ether oxygens (including phenoxy) is 1. The van der Waals surface area contributed by atoms with Gasteiger partial charge in [-0.15, -0.1) is 0 Å². The zero-order valence-electron chi connectivity index (χ0n) is 10.4. The van der Waals surface area contributed by atoms with Gasteiger partial charge in [0.25, 0.3) is 0 Å². The summed E-state index contributed by atoms with van der Waals surface area (Å²) in [7, 11) is 1.67. The Kier molecular flexibility index (Phi) is 4.40. The molecule has 2 N–H and O–H groups in total. The quantitative estimate of drug-likeness (QED) is 0.839. The first-order chi connectivity index (χ1) is 8.29. The van der Waals surface area contributed by atoms with Crippen LogP contribution in [-0.4, -0.2) is 24.4 Å². The Balaban J connectivity index is 1.84. The summed E-state index contributed by atoms with van der Waals surface area (Å²) in [6, 6.07) is 8.30. The molecule has 0 saturated heterocycles. The lowest BCUT2D eigenvalue weighted by Crippen LogP contribution is -2.41. The normalized spacial score (nSPS) is 24.6. The number of methoxy groups -OCH3 is 1. The molecular weight excluding hydrogens is 214 g/mol. The third kappa shape index (κ3) is 3.45. The van der Waals surface area contributed by atoms with E-state index >= 15 is 0 Å². The molecule has 3 heteroatoms. The molecule has 2 atom stereocenters. The minimum Gasteiger partial charge on any atom is -0.497 e. The molecule has 3 nitrogen and oxygen atoms in total. The van der Waals surface area contributed by atoms with Gasteiger partial charge in [0.15, 0.2) is 0 Å².